The lowest BCUT2D eigenvalue weighted by molar-refractivity contribution is -0.130. The van der Waals surface area contributed by atoms with Crippen LogP contribution in [0.25, 0.3) is 0 Å². The second-order valence-electron chi connectivity index (χ2n) is 5.56. The van der Waals surface area contributed by atoms with Crippen molar-refractivity contribution < 1.29 is 19.1 Å². The number of carbonyl (C=O) groups excluding carboxylic acids is 2. The molecule has 0 aromatic carbocycles. The third-order valence-corrected chi connectivity index (χ3v) is 4.03. The third-order valence-electron chi connectivity index (χ3n) is 4.03. The van der Waals surface area contributed by atoms with Crippen molar-refractivity contribution >= 4 is 17.5 Å². The Kier molecular flexibility index (Phi) is 5.51. The largest absolute Gasteiger partial charge is 0.480 e. The minimum absolute atomic E-state index is 0.122. The zero-order valence-corrected chi connectivity index (χ0v) is 13.3. The van der Waals surface area contributed by atoms with Gasteiger partial charge in [-0.05, 0) is 32.0 Å². The van der Waals surface area contributed by atoms with Gasteiger partial charge in [-0.3, -0.25) is 9.59 Å². The Bertz CT molecular complexity index is 579. The van der Waals surface area contributed by atoms with Crippen molar-refractivity contribution in [3.05, 3.63) is 17.8 Å². The maximum atomic E-state index is 12.7. The zero-order valence-electron chi connectivity index (χ0n) is 13.3. The molecule has 0 atom stereocenters. The van der Waals surface area contributed by atoms with Crippen LogP contribution in [0, 0.1) is 5.41 Å². The summed E-state index contributed by atoms with van der Waals surface area (Å²) in [6.45, 7) is 1.85. The van der Waals surface area contributed by atoms with E-state index in [0.717, 1.165) is 13.1 Å². The normalized spacial score (nSPS) is 16.6. The smallest absolute Gasteiger partial charge is 0.254 e. The van der Waals surface area contributed by atoms with Crippen molar-refractivity contribution in [3.8, 4) is 5.88 Å². The highest BCUT2D eigenvalue weighted by atomic mass is 16.5. The SMILES string of the molecule is COCC1(C(=O)Nc2cnc(OC)c(C(N)=O)c2)CCNCC1. The first-order chi connectivity index (χ1) is 11.0. The Morgan fingerprint density at radius 3 is 2.65 bits per heavy atom. The molecule has 1 aliphatic rings. The number of nitrogens with one attached hydrogen (secondary N) is 2. The van der Waals surface area contributed by atoms with E-state index in [4.69, 9.17) is 15.2 Å². The van der Waals surface area contributed by atoms with Crippen molar-refractivity contribution in [1.29, 1.82) is 0 Å². The van der Waals surface area contributed by atoms with Crippen LogP contribution in [-0.2, 0) is 9.53 Å². The van der Waals surface area contributed by atoms with Gasteiger partial charge in [-0.15, -0.1) is 0 Å². The van der Waals surface area contributed by atoms with E-state index in [9.17, 15) is 9.59 Å². The van der Waals surface area contributed by atoms with Crippen LogP contribution < -0.4 is 21.1 Å². The molecule has 0 radical (unpaired) electrons. The number of ether oxygens (including phenoxy) is 2. The van der Waals surface area contributed by atoms with Crippen molar-refractivity contribution in [3.63, 3.8) is 0 Å². The first-order valence-corrected chi connectivity index (χ1v) is 7.37. The maximum absolute atomic E-state index is 12.7. The summed E-state index contributed by atoms with van der Waals surface area (Å²) in [5.74, 6) is -0.689. The number of nitrogens with zero attached hydrogens (tertiary/aromatic N) is 1. The summed E-state index contributed by atoms with van der Waals surface area (Å²) in [7, 11) is 2.98. The number of piperidine rings is 1. The van der Waals surface area contributed by atoms with Crippen molar-refractivity contribution in [2.75, 3.05) is 39.2 Å². The molecule has 1 saturated heterocycles. The summed E-state index contributed by atoms with van der Waals surface area (Å²) < 4.78 is 10.2. The number of aromatic nitrogens is 1. The molecule has 2 heterocycles. The number of hydrogen-bond acceptors (Lipinski definition) is 6. The van der Waals surface area contributed by atoms with Gasteiger partial charge in [0.15, 0.2) is 0 Å². The van der Waals surface area contributed by atoms with E-state index in [0.29, 0.717) is 25.1 Å². The van der Waals surface area contributed by atoms with E-state index in [2.05, 4.69) is 15.6 Å². The molecule has 23 heavy (non-hydrogen) atoms. The molecule has 0 unspecified atom stereocenters. The number of hydrogen-bond donors (Lipinski definition) is 3. The highest BCUT2D eigenvalue weighted by Gasteiger charge is 2.39. The summed E-state index contributed by atoms with van der Waals surface area (Å²) in [6, 6.07) is 1.47. The Hall–Kier alpha value is -2.19. The molecular formula is C15H22N4O4. The molecule has 126 valence electrons. The molecule has 1 aromatic rings. The highest BCUT2D eigenvalue weighted by Crippen LogP contribution is 2.31. The van der Waals surface area contributed by atoms with Gasteiger partial charge in [0.05, 0.1) is 31.0 Å². The molecule has 1 aliphatic heterocycles. The summed E-state index contributed by atoms with van der Waals surface area (Å²) >= 11 is 0. The average molecular weight is 322 g/mol. The maximum Gasteiger partial charge on any atom is 0.254 e. The first-order valence-electron chi connectivity index (χ1n) is 7.37. The fourth-order valence-electron chi connectivity index (χ4n) is 2.74. The number of methoxy groups -OCH3 is 2. The van der Waals surface area contributed by atoms with Gasteiger partial charge < -0.3 is 25.8 Å². The monoisotopic (exact) mass is 322 g/mol. The lowest BCUT2D eigenvalue weighted by atomic mass is 9.78. The predicted octanol–water partition coefficient (Wildman–Crippen LogP) is 0.144. The molecule has 1 aromatic heterocycles. The number of primary amides is 1. The van der Waals surface area contributed by atoms with Gasteiger partial charge in [-0.25, -0.2) is 4.98 Å². The minimum Gasteiger partial charge on any atom is -0.480 e. The molecule has 8 nitrogen and oxygen atoms in total. The quantitative estimate of drug-likeness (QED) is 0.686. The van der Waals surface area contributed by atoms with Crippen LogP contribution in [0.3, 0.4) is 0 Å². The first kappa shape index (κ1) is 17.2. The van der Waals surface area contributed by atoms with E-state index >= 15 is 0 Å². The van der Waals surface area contributed by atoms with Crippen LogP contribution in [0.4, 0.5) is 5.69 Å². The second kappa shape index (κ2) is 7.38. The molecule has 0 bridgehead atoms. The fourth-order valence-corrected chi connectivity index (χ4v) is 2.74. The van der Waals surface area contributed by atoms with Crippen LogP contribution >= 0.6 is 0 Å². The summed E-state index contributed by atoms with van der Waals surface area (Å²) in [4.78, 5) is 28.2. The standard InChI is InChI=1S/C15H22N4O4/c1-22-9-15(3-5-17-6-4-15)14(21)19-10-7-11(12(16)20)13(23-2)18-8-10/h7-8,17H,3-6,9H2,1-2H3,(H2,16,20)(H,19,21). The Balaban J connectivity index is 2.21. The van der Waals surface area contributed by atoms with Crippen LogP contribution in [0.2, 0.25) is 0 Å². The average Bonchev–Trinajstić information content (AvgIpc) is 2.55. The van der Waals surface area contributed by atoms with Gasteiger partial charge in [0, 0.05) is 7.11 Å². The van der Waals surface area contributed by atoms with E-state index in [1.807, 2.05) is 0 Å². The van der Waals surface area contributed by atoms with Gasteiger partial charge in [-0.2, -0.15) is 0 Å². The van der Waals surface area contributed by atoms with Gasteiger partial charge in [0.1, 0.15) is 5.56 Å². The summed E-state index contributed by atoms with van der Waals surface area (Å²) in [5, 5.41) is 6.04. The highest BCUT2D eigenvalue weighted by molar-refractivity contribution is 5.99. The predicted molar refractivity (Wildman–Crippen MR) is 84.3 cm³/mol. The fraction of sp³-hybridized carbons (Fsp3) is 0.533. The number of rotatable bonds is 6. The number of pyridine rings is 1. The molecular weight excluding hydrogens is 300 g/mol. The van der Waals surface area contributed by atoms with Crippen molar-refractivity contribution in [1.82, 2.24) is 10.3 Å². The molecule has 0 aliphatic carbocycles. The van der Waals surface area contributed by atoms with Crippen LogP contribution in [0.1, 0.15) is 23.2 Å². The number of nitrogens with two attached hydrogens (primary N) is 1. The van der Waals surface area contributed by atoms with Gasteiger partial charge in [-0.1, -0.05) is 0 Å². The van der Waals surface area contributed by atoms with E-state index in [1.54, 1.807) is 7.11 Å². The lowest BCUT2D eigenvalue weighted by Crippen LogP contribution is -2.47. The van der Waals surface area contributed by atoms with E-state index in [1.165, 1.54) is 19.4 Å². The van der Waals surface area contributed by atoms with Gasteiger partial charge >= 0.3 is 0 Å². The molecule has 1 fully saturated rings. The molecule has 0 spiro atoms. The van der Waals surface area contributed by atoms with Gasteiger partial charge in [0.2, 0.25) is 11.8 Å². The molecule has 2 amide bonds. The molecule has 4 N–H and O–H groups in total. The summed E-state index contributed by atoms with van der Waals surface area (Å²) in [5.41, 5.74) is 5.24. The van der Waals surface area contributed by atoms with Crippen molar-refractivity contribution in [2.24, 2.45) is 11.1 Å². The molecule has 0 saturated carbocycles. The topological polar surface area (TPSA) is 116 Å². The number of anilines is 1. The molecule has 2 rings (SSSR count). The van der Waals surface area contributed by atoms with Crippen LogP contribution in [0.15, 0.2) is 12.3 Å². The second-order valence-corrected chi connectivity index (χ2v) is 5.56. The number of amides is 2. The Labute approximate surface area is 134 Å². The Morgan fingerprint density at radius 2 is 2.09 bits per heavy atom. The van der Waals surface area contributed by atoms with E-state index in [-0.39, 0.29) is 17.4 Å². The lowest BCUT2D eigenvalue weighted by Gasteiger charge is -2.35. The van der Waals surface area contributed by atoms with Crippen molar-refractivity contribution in [2.45, 2.75) is 12.8 Å². The molecule has 8 heteroatoms. The summed E-state index contributed by atoms with van der Waals surface area (Å²) in [6.07, 6.45) is 2.79. The minimum atomic E-state index is -0.668. The zero-order chi connectivity index (χ0) is 16.9. The van der Waals surface area contributed by atoms with E-state index < -0.39 is 11.3 Å². The van der Waals surface area contributed by atoms with Crippen LogP contribution in [0.5, 0.6) is 5.88 Å². The third kappa shape index (κ3) is 3.77. The Morgan fingerprint density at radius 1 is 1.39 bits per heavy atom. The van der Waals surface area contributed by atoms with Crippen LogP contribution in [-0.4, -0.2) is 50.7 Å². The number of carbonyl (C=O) groups is 2. The van der Waals surface area contributed by atoms with Gasteiger partial charge in [0.25, 0.3) is 5.91 Å².